The third kappa shape index (κ3) is 5.16. The first-order valence-electron chi connectivity index (χ1n) is 12.6. The highest BCUT2D eigenvalue weighted by molar-refractivity contribution is 5.94. The molecule has 15 heteroatoms. The summed E-state index contributed by atoms with van der Waals surface area (Å²) in [6, 6.07) is 4.78. The number of rotatable bonds is 6. The maximum atomic E-state index is 13.1. The minimum absolute atomic E-state index is 0.0247. The van der Waals surface area contributed by atoms with Crippen LogP contribution in [0.15, 0.2) is 33.5 Å². The van der Waals surface area contributed by atoms with Gasteiger partial charge in [0, 0.05) is 18.2 Å². The van der Waals surface area contributed by atoms with E-state index >= 15 is 0 Å². The van der Waals surface area contributed by atoms with Gasteiger partial charge in [-0.15, -0.1) is 0 Å². The number of methoxy groups -OCH3 is 1. The van der Waals surface area contributed by atoms with Crippen molar-refractivity contribution in [2.45, 2.75) is 68.3 Å². The van der Waals surface area contributed by atoms with E-state index < -0.39 is 84.9 Å². The van der Waals surface area contributed by atoms with Crippen molar-refractivity contribution in [2.24, 2.45) is 0 Å². The number of aliphatic hydroxyl groups is 6. The van der Waals surface area contributed by atoms with Crippen LogP contribution in [-0.4, -0.2) is 116 Å². The zero-order chi connectivity index (χ0) is 29.7. The van der Waals surface area contributed by atoms with Crippen LogP contribution in [0.4, 0.5) is 0 Å². The molecule has 8 N–H and O–H groups in total. The van der Waals surface area contributed by atoms with Gasteiger partial charge >= 0.3 is 0 Å². The summed E-state index contributed by atoms with van der Waals surface area (Å²) in [7, 11) is 1.36. The Balaban J connectivity index is 1.51. The molecule has 2 saturated heterocycles. The fraction of sp³-hybridized carbons (Fsp3) is 0.500. The molecule has 3 heterocycles. The molecule has 2 aliphatic rings. The Labute approximate surface area is 230 Å². The molecule has 5 rings (SSSR count). The monoisotopic (exact) mass is 582 g/mol. The summed E-state index contributed by atoms with van der Waals surface area (Å²) in [6.07, 6.45) is -15.6. The molecule has 0 unspecified atom stereocenters. The summed E-state index contributed by atoms with van der Waals surface area (Å²) in [5.41, 5.74) is -0.758. The standard InChI is InChI=1S/C26H30O15/c1-8-18(30)21(33)23(35)25(37-8)41-24-22(34)20(32)16(7-27)40-26(24)39-14-6-13-10(5-11(14)28)19(31)17-12(29)3-9(36-2)4-15(17)38-13/h3-6,8,16,18,20-30,32-35H,7H2,1-2H3/t8-,16+,18-,20+,21+,22-,23+,24+,25-,26+/m0/s1. The lowest BCUT2D eigenvalue weighted by Gasteiger charge is -2.45. The van der Waals surface area contributed by atoms with Crippen LogP contribution in [0, 0.1) is 0 Å². The number of ether oxygens (including phenoxy) is 5. The quantitative estimate of drug-likeness (QED) is 0.153. The van der Waals surface area contributed by atoms with Gasteiger partial charge in [-0.3, -0.25) is 4.79 Å². The molecule has 0 spiro atoms. The lowest BCUT2D eigenvalue weighted by atomic mass is 9.97. The maximum Gasteiger partial charge on any atom is 0.229 e. The van der Waals surface area contributed by atoms with Crippen LogP contribution in [0.3, 0.4) is 0 Å². The van der Waals surface area contributed by atoms with E-state index in [4.69, 9.17) is 28.1 Å². The average Bonchev–Trinajstić information content (AvgIpc) is 2.94. The lowest BCUT2D eigenvalue weighted by molar-refractivity contribution is -0.354. The molecule has 41 heavy (non-hydrogen) atoms. The molecule has 10 atom stereocenters. The number of hydrogen-bond donors (Lipinski definition) is 8. The van der Waals surface area contributed by atoms with Crippen molar-refractivity contribution in [1.29, 1.82) is 0 Å². The molecule has 2 fully saturated rings. The van der Waals surface area contributed by atoms with Gasteiger partial charge in [0.25, 0.3) is 0 Å². The number of aromatic hydroxyl groups is 2. The predicted octanol–water partition coefficient (Wildman–Crippen LogP) is -1.60. The number of fused-ring (bicyclic) bond motifs is 2. The van der Waals surface area contributed by atoms with E-state index in [1.807, 2.05) is 0 Å². The van der Waals surface area contributed by atoms with E-state index in [9.17, 15) is 45.6 Å². The van der Waals surface area contributed by atoms with Gasteiger partial charge in [0.1, 0.15) is 64.7 Å². The van der Waals surface area contributed by atoms with Crippen LogP contribution in [0.5, 0.6) is 23.0 Å². The van der Waals surface area contributed by atoms with E-state index in [-0.39, 0.29) is 33.4 Å². The zero-order valence-electron chi connectivity index (χ0n) is 21.7. The Morgan fingerprint density at radius 1 is 0.829 bits per heavy atom. The van der Waals surface area contributed by atoms with E-state index in [0.717, 1.165) is 12.1 Å². The Kier molecular flexibility index (Phi) is 7.99. The lowest BCUT2D eigenvalue weighted by Crippen LogP contribution is -2.64. The first kappa shape index (κ1) is 29.2. The molecule has 0 radical (unpaired) electrons. The van der Waals surface area contributed by atoms with Crippen molar-refractivity contribution in [1.82, 2.24) is 0 Å². The predicted molar refractivity (Wildman–Crippen MR) is 135 cm³/mol. The fourth-order valence-electron chi connectivity index (χ4n) is 4.86. The second kappa shape index (κ2) is 11.2. The van der Waals surface area contributed by atoms with Gasteiger partial charge in [0.2, 0.25) is 11.7 Å². The number of aliphatic hydroxyl groups excluding tert-OH is 6. The first-order chi connectivity index (χ1) is 19.4. The SMILES string of the molecule is COc1cc(O)c2c(=O)c3cc(O)c(O[C@@H]4O[C@H](CO)[C@@H](O)[C@H](O)[C@H]4O[C@@H]4O[C@@H](C)[C@H](O)[C@@H](O)[C@H]4O)cc3oc2c1. The van der Waals surface area contributed by atoms with Gasteiger partial charge in [-0.2, -0.15) is 0 Å². The van der Waals surface area contributed by atoms with Crippen molar-refractivity contribution in [3.05, 3.63) is 34.5 Å². The normalized spacial score (nSPS) is 34.1. The average molecular weight is 583 g/mol. The molecule has 3 aromatic rings. The van der Waals surface area contributed by atoms with Gasteiger partial charge < -0.3 is 69.0 Å². The molecule has 0 amide bonds. The number of phenols is 2. The Morgan fingerprint density at radius 2 is 1.56 bits per heavy atom. The van der Waals surface area contributed by atoms with Gasteiger partial charge in [-0.05, 0) is 13.0 Å². The highest BCUT2D eigenvalue weighted by atomic mass is 16.8. The Bertz CT molecular complexity index is 1470. The summed E-state index contributed by atoms with van der Waals surface area (Å²) < 4.78 is 33.3. The second-order valence-electron chi connectivity index (χ2n) is 9.87. The molecule has 0 bridgehead atoms. The molecule has 0 saturated carbocycles. The van der Waals surface area contributed by atoms with E-state index in [0.29, 0.717) is 0 Å². The molecular weight excluding hydrogens is 552 g/mol. The topological polar surface area (TPSA) is 238 Å². The van der Waals surface area contributed by atoms with Crippen LogP contribution in [0.25, 0.3) is 21.9 Å². The number of hydrogen-bond acceptors (Lipinski definition) is 15. The number of benzene rings is 2. The van der Waals surface area contributed by atoms with Gasteiger partial charge in [0.05, 0.1) is 25.2 Å². The van der Waals surface area contributed by atoms with Crippen molar-refractivity contribution >= 4 is 21.9 Å². The van der Waals surface area contributed by atoms with Crippen molar-refractivity contribution in [3.8, 4) is 23.0 Å². The maximum absolute atomic E-state index is 13.1. The van der Waals surface area contributed by atoms with Crippen molar-refractivity contribution < 1.29 is 69.0 Å². The highest BCUT2D eigenvalue weighted by Gasteiger charge is 2.51. The van der Waals surface area contributed by atoms with Crippen LogP contribution in [0.2, 0.25) is 0 Å². The molecular formula is C26H30O15. The van der Waals surface area contributed by atoms with Crippen LogP contribution >= 0.6 is 0 Å². The summed E-state index contributed by atoms with van der Waals surface area (Å²) in [6.45, 7) is 0.666. The second-order valence-corrected chi connectivity index (χ2v) is 9.87. The van der Waals surface area contributed by atoms with E-state index in [2.05, 4.69) is 0 Å². The van der Waals surface area contributed by atoms with Crippen LogP contribution in [0.1, 0.15) is 6.92 Å². The zero-order valence-corrected chi connectivity index (χ0v) is 21.7. The smallest absolute Gasteiger partial charge is 0.229 e. The van der Waals surface area contributed by atoms with Crippen molar-refractivity contribution in [3.63, 3.8) is 0 Å². The number of phenolic OH excluding ortho intramolecular Hbond substituents is 2. The van der Waals surface area contributed by atoms with E-state index in [1.165, 1.54) is 26.2 Å². The summed E-state index contributed by atoms with van der Waals surface area (Å²) in [4.78, 5) is 13.1. The van der Waals surface area contributed by atoms with Gasteiger partial charge in [-0.25, -0.2) is 0 Å². The van der Waals surface area contributed by atoms with E-state index in [1.54, 1.807) is 0 Å². The molecule has 2 aromatic carbocycles. The first-order valence-corrected chi connectivity index (χ1v) is 12.6. The highest BCUT2D eigenvalue weighted by Crippen LogP contribution is 2.37. The summed E-state index contributed by atoms with van der Waals surface area (Å²) >= 11 is 0. The Hall–Kier alpha value is -3.25. The Morgan fingerprint density at radius 3 is 2.24 bits per heavy atom. The third-order valence-corrected chi connectivity index (χ3v) is 7.21. The molecule has 2 aliphatic heterocycles. The van der Waals surface area contributed by atoms with Crippen LogP contribution < -0.4 is 14.9 Å². The fourth-order valence-corrected chi connectivity index (χ4v) is 4.86. The molecule has 224 valence electrons. The third-order valence-electron chi connectivity index (χ3n) is 7.21. The van der Waals surface area contributed by atoms with Gasteiger partial charge in [0.15, 0.2) is 23.9 Å². The van der Waals surface area contributed by atoms with Crippen LogP contribution in [-0.2, 0) is 14.2 Å². The molecule has 1 aromatic heterocycles. The summed E-state index contributed by atoms with van der Waals surface area (Å²) in [5.74, 6) is -1.10. The summed E-state index contributed by atoms with van der Waals surface area (Å²) in [5, 5.41) is 82.1. The minimum atomic E-state index is -1.79. The minimum Gasteiger partial charge on any atom is -0.507 e. The largest absolute Gasteiger partial charge is 0.507 e. The molecule has 15 nitrogen and oxygen atoms in total. The van der Waals surface area contributed by atoms with Crippen molar-refractivity contribution in [2.75, 3.05) is 13.7 Å². The van der Waals surface area contributed by atoms with Gasteiger partial charge in [-0.1, -0.05) is 0 Å². The molecule has 0 aliphatic carbocycles.